The fourth-order valence-corrected chi connectivity index (χ4v) is 5.11. The molecule has 0 bridgehead atoms. The molecule has 0 aliphatic rings. The van der Waals surface area contributed by atoms with Crippen molar-refractivity contribution in [3.63, 3.8) is 0 Å². The van der Waals surface area contributed by atoms with Crippen LogP contribution in [0.4, 0.5) is 0 Å². The van der Waals surface area contributed by atoms with Crippen LogP contribution in [0, 0.1) is 0 Å². The molecular weight excluding hydrogens is 476 g/mol. The second kappa shape index (κ2) is 11.4. The number of benzene rings is 1. The van der Waals surface area contributed by atoms with Gasteiger partial charge in [0, 0.05) is 42.6 Å². The maximum absolute atomic E-state index is 14.0. The average Bonchev–Trinajstić information content (AvgIpc) is 3.69. The van der Waals surface area contributed by atoms with Gasteiger partial charge in [0.05, 0.1) is 6.54 Å². The number of pyridine rings is 1. The van der Waals surface area contributed by atoms with Gasteiger partial charge >= 0.3 is 5.69 Å². The highest BCUT2D eigenvalue weighted by Crippen LogP contribution is 2.32. The van der Waals surface area contributed by atoms with Gasteiger partial charge in [-0.25, -0.2) is 9.89 Å². The van der Waals surface area contributed by atoms with Crippen LogP contribution in [0.25, 0.3) is 28.3 Å². The summed E-state index contributed by atoms with van der Waals surface area (Å²) in [4.78, 5) is 18.5. The van der Waals surface area contributed by atoms with Crippen LogP contribution in [0.5, 0.6) is 0 Å². The zero-order chi connectivity index (χ0) is 26.5. The van der Waals surface area contributed by atoms with Crippen molar-refractivity contribution >= 4 is 0 Å². The van der Waals surface area contributed by atoms with E-state index in [-0.39, 0.29) is 5.69 Å². The van der Waals surface area contributed by atoms with E-state index in [0.717, 1.165) is 72.4 Å². The molecule has 1 N–H and O–H groups in total. The van der Waals surface area contributed by atoms with Gasteiger partial charge in [-0.05, 0) is 71.0 Å². The van der Waals surface area contributed by atoms with Crippen molar-refractivity contribution in [2.75, 3.05) is 0 Å². The van der Waals surface area contributed by atoms with Crippen molar-refractivity contribution in [1.29, 1.82) is 0 Å². The zero-order valence-corrected chi connectivity index (χ0v) is 22.3. The molecule has 0 radical (unpaired) electrons. The summed E-state index contributed by atoms with van der Waals surface area (Å²) >= 11 is 0. The Morgan fingerprint density at radius 1 is 0.921 bits per heavy atom. The smallest absolute Gasteiger partial charge is 0.334 e. The Morgan fingerprint density at radius 2 is 1.76 bits per heavy atom. The number of aromatic amines is 1. The summed E-state index contributed by atoms with van der Waals surface area (Å²) in [6.45, 7) is 7.69. The maximum Gasteiger partial charge on any atom is 0.334 e. The Balaban J connectivity index is 1.62. The van der Waals surface area contributed by atoms with Crippen LogP contribution in [-0.2, 0) is 25.9 Å². The van der Waals surface area contributed by atoms with E-state index in [0.29, 0.717) is 12.4 Å². The number of H-pyrrole nitrogens is 1. The van der Waals surface area contributed by atoms with E-state index >= 15 is 0 Å². The normalized spacial score (nSPS) is 11.3. The largest absolute Gasteiger partial charge is 0.334 e. The van der Waals surface area contributed by atoms with Gasteiger partial charge in [0.25, 0.3) is 0 Å². The SMILES string of the molecule is CCCCc1cn(-c2c(CCC)ccn2CC)c(=O)n1Cc1cnccc1-c1ccccc1-c1nnn[nH]1. The quantitative estimate of drug-likeness (QED) is 0.268. The van der Waals surface area contributed by atoms with Gasteiger partial charge in [0.2, 0.25) is 0 Å². The highest BCUT2D eigenvalue weighted by Gasteiger charge is 2.20. The number of hydrogen-bond donors (Lipinski definition) is 1. The minimum Gasteiger partial charge on any atom is -0.334 e. The number of tetrazole rings is 1. The van der Waals surface area contributed by atoms with E-state index in [2.05, 4.69) is 63.2 Å². The third-order valence-electron chi connectivity index (χ3n) is 7.00. The molecule has 0 atom stereocenters. The van der Waals surface area contributed by atoms with Gasteiger partial charge in [-0.2, -0.15) is 0 Å². The second-order valence-electron chi connectivity index (χ2n) is 9.49. The van der Waals surface area contributed by atoms with Crippen molar-refractivity contribution in [2.45, 2.75) is 66.0 Å². The van der Waals surface area contributed by atoms with Gasteiger partial charge in [0.15, 0.2) is 5.82 Å². The van der Waals surface area contributed by atoms with Gasteiger partial charge in [-0.3, -0.25) is 14.1 Å². The van der Waals surface area contributed by atoms with Crippen LogP contribution in [0.3, 0.4) is 0 Å². The van der Waals surface area contributed by atoms with Gasteiger partial charge in [0.1, 0.15) is 5.82 Å². The Morgan fingerprint density at radius 3 is 2.50 bits per heavy atom. The molecule has 0 amide bonds. The molecule has 1 aromatic carbocycles. The molecule has 196 valence electrons. The Bertz CT molecular complexity index is 1560. The number of aryl methyl sites for hydroxylation is 3. The molecule has 0 saturated heterocycles. The molecule has 38 heavy (non-hydrogen) atoms. The lowest BCUT2D eigenvalue weighted by molar-refractivity contribution is 0.663. The Hall–Kier alpha value is -4.27. The topological polar surface area (TPSA) is 99.2 Å². The van der Waals surface area contributed by atoms with Crippen molar-refractivity contribution in [3.8, 4) is 28.3 Å². The first-order valence-electron chi connectivity index (χ1n) is 13.4. The molecule has 0 saturated carbocycles. The van der Waals surface area contributed by atoms with Crippen LogP contribution in [0.2, 0.25) is 0 Å². The third kappa shape index (κ3) is 4.83. The van der Waals surface area contributed by atoms with E-state index in [1.165, 1.54) is 5.56 Å². The first kappa shape index (κ1) is 25.4. The molecule has 5 aromatic rings. The monoisotopic (exact) mass is 510 g/mol. The molecule has 4 aromatic heterocycles. The first-order chi connectivity index (χ1) is 18.7. The number of rotatable bonds is 11. The van der Waals surface area contributed by atoms with Crippen molar-refractivity contribution in [1.82, 2.24) is 39.3 Å². The summed E-state index contributed by atoms with van der Waals surface area (Å²) in [7, 11) is 0. The molecule has 9 heteroatoms. The summed E-state index contributed by atoms with van der Waals surface area (Å²) < 4.78 is 5.93. The number of hydrogen-bond acceptors (Lipinski definition) is 5. The lowest BCUT2D eigenvalue weighted by atomic mass is 9.96. The minimum absolute atomic E-state index is 0.0237. The molecule has 0 fully saturated rings. The molecule has 0 aliphatic heterocycles. The number of aromatic nitrogens is 8. The lowest BCUT2D eigenvalue weighted by Gasteiger charge is -2.14. The molecular formula is C29H34N8O. The zero-order valence-electron chi connectivity index (χ0n) is 22.3. The summed E-state index contributed by atoms with van der Waals surface area (Å²) in [5.74, 6) is 1.57. The van der Waals surface area contributed by atoms with Crippen LogP contribution in [0.1, 0.15) is 56.9 Å². The average molecular weight is 511 g/mol. The van der Waals surface area contributed by atoms with Crippen molar-refractivity contribution in [2.24, 2.45) is 0 Å². The number of unbranched alkanes of at least 4 members (excludes halogenated alkanes) is 1. The van der Waals surface area contributed by atoms with Crippen LogP contribution in [0.15, 0.2) is 66.0 Å². The highest BCUT2D eigenvalue weighted by atomic mass is 16.1. The summed E-state index contributed by atoms with van der Waals surface area (Å²) in [5.41, 5.74) is 6.05. The molecule has 5 rings (SSSR count). The van der Waals surface area contributed by atoms with Crippen molar-refractivity contribution in [3.05, 3.63) is 88.5 Å². The van der Waals surface area contributed by atoms with Crippen molar-refractivity contribution < 1.29 is 0 Å². The third-order valence-corrected chi connectivity index (χ3v) is 7.00. The minimum atomic E-state index is -0.0237. The summed E-state index contributed by atoms with van der Waals surface area (Å²) in [6.07, 6.45) is 12.6. The van der Waals surface area contributed by atoms with E-state index in [1.54, 1.807) is 6.20 Å². The van der Waals surface area contributed by atoms with E-state index < -0.39 is 0 Å². The summed E-state index contributed by atoms with van der Waals surface area (Å²) in [5, 5.41) is 14.5. The molecule has 0 aliphatic carbocycles. The van der Waals surface area contributed by atoms with Gasteiger partial charge in [-0.1, -0.05) is 51.0 Å². The van der Waals surface area contributed by atoms with E-state index in [4.69, 9.17) is 0 Å². The molecule has 0 unspecified atom stereocenters. The van der Waals surface area contributed by atoms with Gasteiger partial charge in [-0.15, -0.1) is 5.10 Å². The van der Waals surface area contributed by atoms with Crippen LogP contribution in [-0.4, -0.2) is 39.3 Å². The number of nitrogens with zero attached hydrogens (tertiary/aromatic N) is 7. The van der Waals surface area contributed by atoms with Crippen LogP contribution < -0.4 is 5.69 Å². The number of nitrogens with one attached hydrogen (secondary N) is 1. The molecule has 0 spiro atoms. The summed E-state index contributed by atoms with van der Waals surface area (Å²) in [6, 6.07) is 12.1. The van der Waals surface area contributed by atoms with E-state index in [9.17, 15) is 4.79 Å². The van der Waals surface area contributed by atoms with Gasteiger partial charge < -0.3 is 4.57 Å². The Kier molecular flexibility index (Phi) is 7.62. The first-order valence-corrected chi connectivity index (χ1v) is 13.4. The fraction of sp³-hybridized carbons (Fsp3) is 0.345. The fourth-order valence-electron chi connectivity index (χ4n) is 5.11. The standard InChI is InChI=1S/C29H34N8O/c1-4-7-11-23-20-37(28-21(10-5-2)15-17-35(28)6-3)29(38)36(23)19-22-18-30-16-14-24(22)25-12-8-9-13-26(25)27-31-33-34-32-27/h8-9,12-18,20H,4-7,10-11,19H2,1-3H3,(H,31,32,33,34). The predicted octanol–water partition coefficient (Wildman–Crippen LogP) is 5.05. The highest BCUT2D eigenvalue weighted by molar-refractivity contribution is 5.81. The van der Waals surface area contributed by atoms with Crippen LogP contribution >= 0.6 is 0 Å². The molecule has 4 heterocycles. The second-order valence-corrected chi connectivity index (χ2v) is 9.49. The van der Waals surface area contributed by atoms with E-state index in [1.807, 2.05) is 51.9 Å². The Labute approximate surface area is 222 Å². The maximum atomic E-state index is 14.0. The lowest BCUT2D eigenvalue weighted by Crippen LogP contribution is -2.26. The number of imidazole rings is 1. The predicted molar refractivity (Wildman–Crippen MR) is 148 cm³/mol. The molecule has 9 nitrogen and oxygen atoms in total.